The van der Waals surface area contributed by atoms with Crippen LogP contribution in [0.3, 0.4) is 0 Å². The lowest BCUT2D eigenvalue weighted by atomic mass is 9.85. The Morgan fingerprint density at radius 3 is 2.00 bits per heavy atom. The predicted octanol–water partition coefficient (Wildman–Crippen LogP) is 5.04. The molecule has 0 aliphatic carbocycles. The van der Waals surface area contributed by atoms with Crippen LogP contribution in [0.5, 0.6) is 11.5 Å². The van der Waals surface area contributed by atoms with Crippen LogP contribution in [0.4, 0.5) is 0 Å². The van der Waals surface area contributed by atoms with Gasteiger partial charge in [-0.3, -0.25) is 9.59 Å². The SMILES string of the molecule is C[C@H]([C@H](CCc1ccccc1)c1ccc(Oc2ccccc2)cc1)N(CC(=O)OC(C)(C)C)C(=O)[C@@H]1COC(C(=O)O)(C(=O)O)O1. The van der Waals surface area contributed by atoms with Crippen LogP contribution in [0.25, 0.3) is 0 Å². The van der Waals surface area contributed by atoms with Gasteiger partial charge in [0.05, 0.1) is 6.61 Å². The number of carbonyl (C=O) groups excluding carboxylic acids is 2. The van der Waals surface area contributed by atoms with Gasteiger partial charge < -0.3 is 34.1 Å². The van der Waals surface area contributed by atoms with Crippen LogP contribution in [-0.4, -0.2) is 75.6 Å². The Kier molecular flexibility index (Phi) is 10.8. The number of carboxylic acid groups (broad SMARTS) is 2. The van der Waals surface area contributed by atoms with E-state index in [4.69, 9.17) is 18.9 Å². The van der Waals surface area contributed by atoms with E-state index in [1.165, 1.54) is 4.90 Å². The van der Waals surface area contributed by atoms with Gasteiger partial charge in [-0.1, -0.05) is 60.7 Å². The second kappa shape index (κ2) is 14.6. The molecule has 244 valence electrons. The third-order valence-electron chi connectivity index (χ3n) is 7.54. The lowest BCUT2D eigenvalue weighted by molar-refractivity contribution is -0.218. The number of esters is 1. The molecule has 11 nitrogen and oxygen atoms in total. The number of ether oxygens (including phenoxy) is 4. The molecule has 0 radical (unpaired) electrons. The molecule has 0 saturated carbocycles. The molecule has 0 bridgehead atoms. The van der Waals surface area contributed by atoms with Gasteiger partial charge in [0.2, 0.25) is 0 Å². The van der Waals surface area contributed by atoms with E-state index >= 15 is 0 Å². The Bertz CT molecular complexity index is 1490. The molecule has 0 unspecified atom stereocenters. The second-order valence-electron chi connectivity index (χ2n) is 12.1. The minimum Gasteiger partial charge on any atom is -0.477 e. The topological polar surface area (TPSA) is 149 Å². The van der Waals surface area contributed by atoms with Crippen molar-refractivity contribution < 1.29 is 48.3 Å². The highest BCUT2D eigenvalue weighted by molar-refractivity contribution is 6.01. The minimum atomic E-state index is -3.04. The van der Waals surface area contributed by atoms with Crippen LogP contribution in [0.15, 0.2) is 84.9 Å². The predicted molar refractivity (Wildman–Crippen MR) is 166 cm³/mol. The van der Waals surface area contributed by atoms with E-state index in [1.807, 2.05) is 84.9 Å². The summed E-state index contributed by atoms with van der Waals surface area (Å²) < 4.78 is 21.8. The maximum Gasteiger partial charge on any atom is 0.377 e. The fraction of sp³-hybridized carbons (Fsp3) is 0.371. The van der Waals surface area contributed by atoms with E-state index in [0.29, 0.717) is 24.3 Å². The van der Waals surface area contributed by atoms with Gasteiger partial charge in [-0.2, -0.15) is 0 Å². The highest BCUT2D eigenvalue weighted by Crippen LogP contribution is 2.33. The molecular formula is C35H39NO10. The van der Waals surface area contributed by atoms with Crippen molar-refractivity contribution in [1.82, 2.24) is 4.90 Å². The molecule has 3 aromatic rings. The molecule has 0 aromatic heterocycles. The molecular weight excluding hydrogens is 594 g/mol. The average Bonchev–Trinajstić information content (AvgIpc) is 3.48. The van der Waals surface area contributed by atoms with Crippen LogP contribution < -0.4 is 4.74 Å². The lowest BCUT2D eigenvalue weighted by Gasteiger charge is -2.36. The van der Waals surface area contributed by atoms with Gasteiger partial charge in [0, 0.05) is 12.0 Å². The van der Waals surface area contributed by atoms with E-state index in [0.717, 1.165) is 11.1 Å². The average molecular weight is 634 g/mol. The van der Waals surface area contributed by atoms with E-state index in [1.54, 1.807) is 27.7 Å². The van der Waals surface area contributed by atoms with Crippen LogP contribution in [0.2, 0.25) is 0 Å². The largest absolute Gasteiger partial charge is 0.477 e. The zero-order valence-corrected chi connectivity index (χ0v) is 26.3. The quantitative estimate of drug-likeness (QED) is 0.194. The number of aliphatic carboxylic acids is 2. The summed E-state index contributed by atoms with van der Waals surface area (Å²) in [5, 5.41) is 19.1. The lowest BCUT2D eigenvalue weighted by Crippen LogP contribution is -2.52. The fourth-order valence-corrected chi connectivity index (χ4v) is 5.30. The maximum absolute atomic E-state index is 14.0. The molecule has 1 aliphatic heterocycles. The highest BCUT2D eigenvalue weighted by Gasteiger charge is 2.58. The standard InChI is InChI=1S/C35H39NO10/c1-23(36(21-30(37)46-34(2,3)4)31(38)29-22-43-35(45-29,32(39)40)33(41)42)28(20-15-24-11-7-5-8-12-24)25-16-18-27(19-17-25)44-26-13-9-6-10-14-26/h5-14,16-19,23,28-29H,15,20-22H2,1-4H3,(H,39,40)(H,41,42)/t23-,28+,29+/m1/s1. The molecule has 1 fully saturated rings. The molecule has 1 amide bonds. The van der Waals surface area contributed by atoms with Gasteiger partial charge in [0.25, 0.3) is 5.91 Å². The van der Waals surface area contributed by atoms with Crippen molar-refractivity contribution in [3.8, 4) is 11.5 Å². The van der Waals surface area contributed by atoms with Crippen LogP contribution >= 0.6 is 0 Å². The first kappa shape index (κ1) is 34.1. The minimum absolute atomic E-state index is 0.330. The third-order valence-corrected chi connectivity index (χ3v) is 7.54. The van der Waals surface area contributed by atoms with E-state index in [9.17, 15) is 29.4 Å². The number of hydrogen-bond donors (Lipinski definition) is 2. The molecule has 4 rings (SSSR count). The van der Waals surface area contributed by atoms with Gasteiger partial charge in [0.1, 0.15) is 23.6 Å². The normalized spacial score (nSPS) is 17.0. The Hall–Kier alpha value is -4.74. The number of carbonyl (C=O) groups is 4. The maximum atomic E-state index is 14.0. The number of carboxylic acids is 2. The molecule has 3 atom stereocenters. The summed E-state index contributed by atoms with van der Waals surface area (Å²) in [6, 6.07) is 25.9. The number of hydrogen-bond acceptors (Lipinski definition) is 8. The number of rotatable bonds is 13. The van der Waals surface area contributed by atoms with Gasteiger partial charge in [0.15, 0.2) is 6.10 Å². The second-order valence-corrected chi connectivity index (χ2v) is 12.1. The summed E-state index contributed by atoms with van der Waals surface area (Å²) in [6.07, 6.45) is -0.372. The summed E-state index contributed by atoms with van der Waals surface area (Å²) in [5.41, 5.74) is 1.10. The Labute approximate surface area is 267 Å². The van der Waals surface area contributed by atoms with Gasteiger partial charge in [-0.15, -0.1) is 0 Å². The van der Waals surface area contributed by atoms with Gasteiger partial charge in [-0.25, -0.2) is 9.59 Å². The fourth-order valence-electron chi connectivity index (χ4n) is 5.30. The zero-order valence-electron chi connectivity index (χ0n) is 26.3. The molecule has 1 saturated heterocycles. The number of aryl methyl sites for hydroxylation is 1. The molecule has 46 heavy (non-hydrogen) atoms. The first-order chi connectivity index (χ1) is 21.8. The van der Waals surface area contributed by atoms with Crippen LogP contribution in [-0.2, 0) is 39.8 Å². The summed E-state index contributed by atoms with van der Waals surface area (Å²) >= 11 is 0. The van der Waals surface area contributed by atoms with Crippen molar-refractivity contribution in [1.29, 1.82) is 0 Å². The van der Waals surface area contributed by atoms with E-state index in [2.05, 4.69) is 0 Å². The third kappa shape index (κ3) is 8.49. The monoisotopic (exact) mass is 633 g/mol. The summed E-state index contributed by atoms with van der Waals surface area (Å²) in [4.78, 5) is 51.9. The van der Waals surface area contributed by atoms with Crippen LogP contribution in [0.1, 0.15) is 51.2 Å². The summed E-state index contributed by atoms with van der Waals surface area (Å²) in [7, 11) is 0. The number of amides is 1. The van der Waals surface area contributed by atoms with Crippen molar-refractivity contribution >= 4 is 23.8 Å². The molecule has 3 aromatic carbocycles. The number of benzene rings is 3. The Morgan fingerprint density at radius 2 is 1.46 bits per heavy atom. The first-order valence-electron chi connectivity index (χ1n) is 15.0. The molecule has 2 N–H and O–H groups in total. The summed E-state index contributed by atoms with van der Waals surface area (Å²) in [5.74, 6) is -7.37. The molecule has 1 heterocycles. The van der Waals surface area contributed by atoms with Crippen molar-refractivity contribution in [2.24, 2.45) is 0 Å². The molecule has 1 aliphatic rings. The zero-order chi connectivity index (χ0) is 33.5. The molecule has 0 spiro atoms. The smallest absolute Gasteiger partial charge is 0.377 e. The van der Waals surface area contributed by atoms with Gasteiger partial charge >= 0.3 is 23.7 Å². The highest BCUT2D eigenvalue weighted by atomic mass is 16.8. The molecule has 11 heteroatoms. The van der Waals surface area contributed by atoms with Crippen LogP contribution in [0, 0.1) is 0 Å². The van der Waals surface area contributed by atoms with Crippen molar-refractivity contribution in [2.75, 3.05) is 13.2 Å². The van der Waals surface area contributed by atoms with Crippen molar-refractivity contribution in [2.45, 2.75) is 70.0 Å². The Morgan fingerprint density at radius 1 is 0.891 bits per heavy atom. The number of para-hydroxylation sites is 1. The number of nitrogens with zero attached hydrogens (tertiary/aromatic N) is 1. The van der Waals surface area contributed by atoms with Crippen molar-refractivity contribution in [3.05, 3.63) is 96.1 Å². The summed E-state index contributed by atoms with van der Waals surface area (Å²) in [6.45, 7) is 5.76. The van der Waals surface area contributed by atoms with E-state index < -0.39 is 60.5 Å². The Balaban J connectivity index is 1.66. The first-order valence-corrected chi connectivity index (χ1v) is 15.0. The van der Waals surface area contributed by atoms with Crippen molar-refractivity contribution in [3.63, 3.8) is 0 Å². The van der Waals surface area contributed by atoms with E-state index in [-0.39, 0.29) is 5.92 Å². The van der Waals surface area contributed by atoms with Gasteiger partial charge in [-0.05, 0) is 75.9 Å².